The molecule has 0 saturated heterocycles. The predicted octanol–water partition coefficient (Wildman–Crippen LogP) is 2.72. The molecule has 5 nitrogen and oxygen atoms in total. The van der Waals surface area contributed by atoms with Crippen LogP contribution in [0.2, 0.25) is 0 Å². The van der Waals surface area contributed by atoms with Gasteiger partial charge in [0.1, 0.15) is 5.75 Å². The van der Waals surface area contributed by atoms with Gasteiger partial charge < -0.3 is 10.1 Å². The van der Waals surface area contributed by atoms with Crippen molar-refractivity contribution in [3.63, 3.8) is 0 Å². The molecule has 0 amide bonds. The lowest BCUT2D eigenvalue weighted by atomic mass is 10.1. The van der Waals surface area contributed by atoms with Crippen LogP contribution in [0.25, 0.3) is 0 Å². The third-order valence-electron chi connectivity index (χ3n) is 1.87. The minimum atomic E-state index is -0.0459. The van der Waals surface area contributed by atoms with Crippen LogP contribution in [0, 0.1) is 0 Å². The van der Waals surface area contributed by atoms with E-state index in [1.165, 1.54) is 0 Å². The maximum Gasteiger partial charge on any atom is 0.144 e. The van der Waals surface area contributed by atoms with E-state index in [4.69, 9.17) is 9.99 Å². The molecule has 0 fully saturated rings. The summed E-state index contributed by atoms with van der Waals surface area (Å²) in [5, 5.41) is 11.6. The van der Waals surface area contributed by atoms with E-state index in [0.29, 0.717) is 11.4 Å². The lowest BCUT2D eigenvalue weighted by Crippen LogP contribution is -2.26. The predicted molar refractivity (Wildman–Crippen MR) is 63.7 cm³/mol. The lowest BCUT2D eigenvalue weighted by molar-refractivity contribution is -0.215. The molecule has 90 valence electrons. The summed E-state index contributed by atoms with van der Waals surface area (Å²) >= 11 is 0. The van der Waals surface area contributed by atoms with Crippen molar-refractivity contribution in [3.05, 3.63) is 18.2 Å². The fourth-order valence-electron chi connectivity index (χ4n) is 1.31. The zero-order valence-corrected chi connectivity index (χ0v) is 10.00. The summed E-state index contributed by atoms with van der Waals surface area (Å²) in [5.74, 6) is 0.678. The smallest absolute Gasteiger partial charge is 0.144 e. The molecule has 16 heavy (non-hydrogen) atoms. The van der Waals surface area contributed by atoms with Crippen LogP contribution < -0.4 is 15.5 Å². The zero-order chi connectivity index (χ0) is 12.2. The fraction of sp³-hybridized carbons (Fsp3) is 0.455. The van der Waals surface area contributed by atoms with Crippen LogP contribution >= 0.6 is 0 Å². The molecule has 0 unspecified atom stereocenters. The number of methoxy groups -OCH3 is 1. The maximum absolute atomic E-state index is 8.27. The van der Waals surface area contributed by atoms with Crippen molar-refractivity contribution >= 4 is 11.4 Å². The minimum Gasteiger partial charge on any atom is -0.495 e. The van der Waals surface area contributed by atoms with Gasteiger partial charge in [0.15, 0.2) is 0 Å². The average molecular weight is 226 g/mol. The molecule has 0 bridgehead atoms. The Bertz CT molecular complexity index is 348. The zero-order valence-electron chi connectivity index (χ0n) is 10.00. The van der Waals surface area contributed by atoms with Gasteiger partial charge in [0.2, 0.25) is 0 Å². The highest BCUT2D eigenvalue weighted by Gasteiger charge is 2.13. The first-order valence-electron chi connectivity index (χ1n) is 4.99. The maximum atomic E-state index is 8.27. The topological polar surface area (TPSA) is 62.8 Å². The van der Waals surface area contributed by atoms with Gasteiger partial charge in [-0.3, -0.25) is 0 Å². The first-order valence-corrected chi connectivity index (χ1v) is 4.99. The second-order valence-corrected chi connectivity index (χ2v) is 4.48. The SMILES string of the molecule is COc1cc(NOO)ccc1NC(C)(C)C. The number of anilines is 2. The van der Waals surface area contributed by atoms with Crippen LogP contribution in [0.3, 0.4) is 0 Å². The summed E-state index contributed by atoms with van der Waals surface area (Å²) in [6, 6.07) is 5.35. The third-order valence-corrected chi connectivity index (χ3v) is 1.87. The Morgan fingerprint density at radius 2 is 1.94 bits per heavy atom. The van der Waals surface area contributed by atoms with Gasteiger partial charge in [-0.25, -0.2) is 10.7 Å². The van der Waals surface area contributed by atoms with Crippen LogP contribution in [0.15, 0.2) is 18.2 Å². The molecule has 0 radical (unpaired) electrons. The van der Waals surface area contributed by atoms with E-state index in [2.05, 4.69) is 36.6 Å². The van der Waals surface area contributed by atoms with E-state index in [9.17, 15) is 0 Å². The van der Waals surface area contributed by atoms with Gasteiger partial charge in [-0.1, -0.05) is 0 Å². The van der Waals surface area contributed by atoms with Crippen LogP contribution in [-0.2, 0) is 4.99 Å². The molecule has 0 aromatic heterocycles. The van der Waals surface area contributed by atoms with Gasteiger partial charge in [-0.2, -0.15) is 0 Å². The Kier molecular flexibility index (Phi) is 3.98. The molecule has 0 aliphatic heterocycles. The number of hydrogen-bond acceptors (Lipinski definition) is 5. The van der Waals surface area contributed by atoms with Gasteiger partial charge in [0, 0.05) is 11.6 Å². The van der Waals surface area contributed by atoms with Crippen molar-refractivity contribution in [3.8, 4) is 5.75 Å². The molecule has 1 aromatic carbocycles. The molecule has 5 heteroatoms. The highest BCUT2D eigenvalue weighted by molar-refractivity contribution is 5.64. The van der Waals surface area contributed by atoms with Crippen molar-refractivity contribution < 1.29 is 15.0 Å². The van der Waals surface area contributed by atoms with Gasteiger partial charge in [-0.15, -0.1) is 4.99 Å². The van der Waals surface area contributed by atoms with E-state index in [1.807, 2.05) is 6.07 Å². The van der Waals surface area contributed by atoms with Crippen LogP contribution in [0.1, 0.15) is 20.8 Å². The van der Waals surface area contributed by atoms with E-state index in [1.54, 1.807) is 19.2 Å². The van der Waals surface area contributed by atoms with Gasteiger partial charge in [0.05, 0.1) is 18.5 Å². The van der Waals surface area contributed by atoms with Crippen LogP contribution in [0.4, 0.5) is 11.4 Å². The van der Waals surface area contributed by atoms with Crippen molar-refractivity contribution in [2.24, 2.45) is 0 Å². The van der Waals surface area contributed by atoms with E-state index in [0.717, 1.165) is 5.69 Å². The molecule has 1 rings (SSSR count). The molecule has 0 atom stereocenters. The van der Waals surface area contributed by atoms with E-state index in [-0.39, 0.29) is 5.54 Å². The molecule has 1 aromatic rings. The molecular formula is C11H18N2O3. The van der Waals surface area contributed by atoms with E-state index < -0.39 is 0 Å². The normalized spacial score (nSPS) is 11.1. The second-order valence-electron chi connectivity index (χ2n) is 4.48. The Morgan fingerprint density at radius 3 is 2.44 bits per heavy atom. The van der Waals surface area contributed by atoms with Crippen LogP contribution in [-0.4, -0.2) is 17.9 Å². The van der Waals surface area contributed by atoms with Gasteiger partial charge >= 0.3 is 0 Å². The number of rotatable bonds is 4. The van der Waals surface area contributed by atoms with Crippen molar-refractivity contribution in [2.75, 3.05) is 17.9 Å². The lowest BCUT2D eigenvalue weighted by Gasteiger charge is -2.23. The Morgan fingerprint density at radius 1 is 1.25 bits per heavy atom. The summed E-state index contributed by atoms with van der Waals surface area (Å²) in [7, 11) is 1.59. The summed E-state index contributed by atoms with van der Waals surface area (Å²) in [6.07, 6.45) is 0. The molecule has 0 aliphatic carbocycles. The number of benzene rings is 1. The highest BCUT2D eigenvalue weighted by atomic mass is 17.2. The monoisotopic (exact) mass is 226 g/mol. The number of nitrogens with one attached hydrogen (secondary N) is 2. The first-order chi connectivity index (χ1) is 7.46. The molecule has 0 heterocycles. The average Bonchev–Trinajstić information content (AvgIpc) is 2.18. The Labute approximate surface area is 95.3 Å². The Hall–Kier alpha value is -1.46. The fourth-order valence-corrected chi connectivity index (χ4v) is 1.31. The van der Waals surface area contributed by atoms with Crippen molar-refractivity contribution in [1.29, 1.82) is 0 Å². The standard InChI is InChI=1S/C11H18N2O3/c1-11(2,3)12-9-6-5-8(13-16-14)7-10(9)15-4/h5-7,12-14H,1-4H3. The molecule has 0 aliphatic rings. The third kappa shape index (κ3) is 3.60. The summed E-state index contributed by atoms with van der Waals surface area (Å²) < 4.78 is 5.24. The van der Waals surface area contributed by atoms with Crippen molar-refractivity contribution in [2.45, 2.75) is 26.3 Å². The molecule has 0 saturated carbocycles. The summed E-state index contributed by atoms with van der Waals surface area (Å²) in [6.45, 7) is 6.19. The number of hydrogen-bond donors (Lipinski definition) is 3. The van der Waals surface area contributed by atoms with Gasteiger partial charge in [0.25, 0.3) is 0 Å². The second kappa shape index (κ2) is 5.05. The van der Waals surface area contributed by atoms with E-state index >= 15 is 0 Å². The summed E-state index contributed by atoms with van der Waals surface area (Å²) in [4.78, 5) is 3.84. The quantitative estimate of drug-likeness (QED) is 0.544. The summed E-state index contributed by atoms with van der Waals surface area (Å²) in [5.41, 5.74) is 3.77. The molecule has 0 spiro atoms. The van der Waals surface area contributed by atoms with Crippen molar-refractivity contribution in [1.82, 2.24) is 0 Å². The molecule has 3 N–H and O–H groups in total. The van der Waals surface area contributed by atoms with Crippen LogP contribution in [0.5, 0.6) is 5.75 Å². The Balaban J connectivity index is 2.93. The minimum absolute atomic E-state index is 0.0459. The first kappa shape index (κ1) is 12.6. The number of ether oxygens (including phenoxy) is 1. The molecular weight excluding hydrogens is 208 g/mol. The largest absolute Gasteiger partial charge is 0.495 e. The van der Waals surface area contributed by atoms with Gasteiger partial charge in [-0.05, 0) is 32.9 Å². The highest BCUT2D eigenvalue weighted by Crippen LogP contribution is 2.30.